The van der Waals surface area contributed by atoms with E-state index in [9.17, 15) is 9.90 Å². The number of unbranched alkanes of at least 4 members (excludes halogenated alkanes) is 19. The van der Waals surface area contributed by atoms with Gasteiger partial charge in [-0.15, -0.1) is 0 Å². The Labute approximate surface area is 280 Å². The fourth-order valence-electron chi connectivity index (χ4n) is 5.21. The average molecular weight is 631 g/mol. The highest BCUT2D eigenvalue weighted by molar-refractivity contribution is 5.69. The van der Waals surface area contributed by atoms with Crippen molar-refractivity contribution in [2.24, 2.45) is 0 Å². The van der Waals surface area contributed by atoms with Crippen molar-refractivity contribution in [3.8, 4) is 0 Å². The summed E-state index contributed by atoms with van der Waals surface area (Å²) in [5, 5.41) is 9.56. The van der Waals surface area contributed by atoms with Crippen molar-refractivity contribution in [1.82, 2.24) is 0 Å². The van der Waals surface area contributed by atoms with E-state index in [1.807, 2.05) is 0 Å². The molecule has 0 aromatic heterocycles. The van der Waals surface area contributed by atoms with Gasteiger partial charge in [-0.05, 0) is 77.0 Å². The molecular weight excluding hydrogens is 556 g/mol. The Balaban J connectivity index is 3.48. The van der Waals surface area contributed by atoms with Crippen molar-refractivity contribution in [2.75, 3.05) is 19.8 Å². The van der Waals surface area contributed by atoms with Gasteiger partial charge in [0.05, 0.1) is 13.2 Å². The van der Waals surface area contributed by atoms with E-state index in [0.717, 1.165) is 44.9 Å². The highest BCUT2D eigenvalue weighted by Gasteiger charge is 2.13. The van der Waals surface area contributed by atoms with Crippen LogP contribution in [0.25, 0.3) is 0 Å². The van der Waals surface area contributed by atoms with Gasteiger partial charge in [-0.1, -0.05) is 146 Å². The summed E-state index contributed by atoms with van der Waals surface area (Å²) in [7, 11) is 0. The molecule has 4 nitrogen and oxygen atoms in total. The van der Waals surface area contributed by atoms with Crippen molar-refractivity contribution in [3.63, 3.8) is 0 Å². The first kappa shape index (κ1) is 43.4. The number of aliphatic hydroxyl groups is 1. The highest BCUT2D eigenvalue weighted by Crippen LogP contribution is 2.12. The molecule has 0 radical (unpaired) electrons. The van der Waals surface area contributed by atoms with E-state index in [0.29, 0.717) is 13.0 Å². The summed E-state index contributed by atoms with van der Waals surface area (Å²) in [6.07, 6.45) is 48.6. The first-order valence-corrected chi connectivity index (χ1v) is 19.2. The minimum absolute atomic E-state index is 0.181. The number of carbonyl (C=O) groups is 1. The van der Waals surface area contributed by atoms with Gasteiger partial charge >= 0.3 is 5.97 Å². The van der Waals surface area contributed by atoms with Gasteiger partial charge in [-0.2, -0.15) is 0 Å². The summed E-state index contributed by atoms with van der Waals surface area (Å²) in [5.41, 5.74) is 0. The Morgan fingerprint density at radius 1 is 0.533 bits per heavy atom. The molecule has 0 saturated carbocycles. The largest absolute Gasteiger partial charge is 0.457 e. The summed E-state index contributed by atoms with van der Waals surface area (Å²) in [6, 6.07) is 0. The summed E-state index contributed by atoms with van der Waals surface area (Å²) < 4.78 is 11.1. The molecule has 0 aromatic carbocycles. The van der Waals surface area contributed by atoms with Gasteiger partial charge in [0, 0.05) is 13.0 Å². The highest BCUT2D eigenvalue weighted by atomic mass is 16.6. The molecule has 4 heteroatoms. The Morgan fingerprint density at radius 3 is 1.38 bits per heavy atom. The smallest absolute Gasteiger partial charge is 0.306 e. The van der Waals surface area contributed by atoms with Crippen LogP contribution in [0, 0.1) is 0 Å². The number of hydrogen-bond donors (Lipinski definition) is 1. The van der Waals surface area contributed by atoms with Crippen molar-refractivity contribution in [2.45, 2.75) is 187 Å². The Kier molecular flexibility index (Phi) is 37.1. The fraction of sp³-hybridized carbons (Fsp3) is 0.780. The van der Waals surface area contributed by atoms with Gasteiger partial charge in [-0.25, -0.2) is 0 Å². The second-order valence-electron chi connectivity index (χ2n) is 12.6. The van der Waals surface area contributed by atoms with E-state index in [1.54, 1.807) is 0 Å². The monoisotopic (exact) mass is 631 g/mol. The van der Waals surface area contributed by atoms with E-state index in [-0.39, 0.29) is 19.2 Å². The lowest BCUT2D eigenvalue weighted by Gasteiger charge is -2.15. The van der Waals surface area contributed by atoms with Crippen LogP contribution in [0.2, 0.25) is 0 Å². The summed E-state index contributed by atoms with van der Waals surface area (Å²) in [6.45, 7) is 5.27. The zero-order chi connectivity index (χ0) is 32.7. The second kappa shape index (κ2) is 38.5. The maximum Gasteiger partial charge on any atom is 0.306 e. The standard InChI is InChI=1S/C41H74O4/c1-3-5-7-9-11-13-15-17-19-20-21-23-25-27-29-31-33-35-37-44-39-40(38-42)45-41(43)36-34-32-30-28-26-24-22-18-16-14-12-10-8-6-4-2/h11-14,17-19,22,40,42H,3-10,15-16,20-21,23-39H2,1-2H3/b13-11-,14-12-,19-17-,22-18-. The summed E-state index contributed by atoms with van der Waals surface area (Å²) >= 11 is 0. The van der Waals surface area contributed by atoms with Crippen LogP contribution in [0.1, 0.15) is 181 Å². The molecule has 1 atom stereocenters. The van der Waals surface area contributed by atoms with Crippen LogP contribution in [0.4, 0.5) is 0 Å². The molecule has 0 spiro atoms. The minimum atomic E-state index is -0.544. The van der Waals surface area contributed by atoms with Gasteiger partial charge in [0.15, 0.2) is 0 Å². The average Bonchev–Trinajstić information content (AvgIpc) is 3.05. The van der Waals surface area contributed by atoms with Crippen LogP contribution in [-0.4, -0.2) is 37.0 Å². The molecule has 0 aliphatic heterocycles. The number of esters is 1. The maximum atomic E-state index is 12.1. The lowest BCUT2D eigenvalue weighted by Crippen LogP contribution is -2.27. The normalized spacial score (nSPS) is 12.9. The molecule has 0 aliphatic carbocycles. The molecule has 45 heavy (non-hydrogen) atoms. The number of carbonyl (C=O) groups excluding carboxylic acids is 1. The molecule has 0 saturated heterocycles. The van der Waals surface area contributed by atoms with Crippen LogP contribution in [0.15, 0.2) is 48.6 Å². The SMILES string of the molecule is CCCCC/C=C\C/C=C\CCCCCCCCCCOCC(CO)OC(=O)CCCCCCC/C=C\C/C=C\CCCCC. The van der Waals surface area contributed by atoms with Crippen LogP contribution in [0.3, 0.4) is 0 Å². The molecule has 0 rings (SSSR count). The molecule has 0 aromatic rings. The quantitative estimate of drug-likeness (QED) is 0.0430. The molecule has 0 aliphatic rings. The fourth-order valence-corrected chi connectivity index (χ4v) is 5.21. The molecule has 0 bridgehead atoms. The number of ether oxygens (including phenoxy) is 2. The van der Waals surface area contributed by atoms with Crippen molar-refractivity contribution >= 4 is 5.97 Å². The predicted octanol–water partition coefficient (Wildman–Crippen LogP) is 12.3. The Bertz CT molecular complexity index is 708. The van der Waals surface area contributed by atoms with Crippen LogP contribution >= 0.6 is 0 Å². The van der Waals surface area contributed by atoms with Crippen molar-refractivity contribution in [3.05, 3.63) is 48.6 Å². The van der Waals surface area contributed by atoms with E-state index in [1.165, 1.54) is 116 Å². The summed E-state index contributed by atoms with van der Waals surface area (Å²) in [5.74, 6) is -0.218. The number of allylic oxidation sites excluding steroid dienone is 8. The van der Waals surface area contributed by atoms with Crippen LogP contribution < -0.4 is 0 Å². The third kappa shape index (κ3) is 36.7. The minimum Gasteiger partial charge on any atom is -0.457 e. The molecule has 0 heterocycles. The zero-order valence-electron chi connectivity index (χ0n) is 29.9. The second-order valence-corrected chi connectivity index (χ2v) is 12.6. The molecule has 1 N–H and O–H groups in total. The van der Waals surface area contributed by atoms with Gasteiger partial charge in [0.2, 0.25) is 0 Å². The van der Waals surface area contributed by atoms with Crippen molar-refractivity contribution in [1.29, 1.82) is 0 Å². The van der Waals surface area contributed by atoms with Crippen LogP contribution in [0.5, 0.6) is 0 Å². The first-order chi connectivity index (χ1) is 22.2. The van der Waals surface area contributed by atoms with E-state index in [2.05, 4.69) is 62.5 Å². The molecule has 0 amide bonds. The molecule has 1 unspecified atom stereocenters. The van der Waals surface area contributed by atoms with Gasteiger partial charge in [0.1, 0.15) is 6.10 Å². The van der Waals surface area contributed by atoms with E-state index >= 15 is 0 Å². The number of hydrogen-bond acceptors (Lipinski definition) is 4. The van der Waals surface area contributed by atoms with E-state index < -0.39 is 6.10 Å². The summed E-state index contributed by atoms with van der Waals surface area (Å²) in [4.78, 5) is 12.1. The topological polar surface area (TPSA) is 55.8 Å². The van der Waals surface area contributed by atoms with Crippen LogP contribution in [-0.2, 0) is 14.3 Å². The zero-order valence-corrected chi connectivity index (χ0v) is 29.9. The van der Waals surface area contributed by atoms with Crippen molar-refractivity contribution < 1.29 is 19.4 Å². The number of rotatable bonds is 35. The maximum absolute atomic E-state index is 12.1. The third-order valence-corrected chi connectivity index (χ3v) is 8.13. The van der Waals surface area contributed by atoms with Gasteiger partial charge < -0.3 is 14.6 Å². The Morgan fingerprint density at radius 2 is 0.933 bits per heavy atom. The Hall–Kier alpha value is -1.65. The van der Waals surface area contributed by atoms with E-state index in [4.69, 9.17) is 9.47 Å². The molecule has 0 fully saturated rings. The predicted molar refractivity (Wildman–Crippen MR) is 196 cm³/mol. The molecular formula is C41H74O4. The third-order valence-electron chi connectivity index (χ3n) is 8.13. The number of aliphatic hydroxyl groups excluding tert-OH is 1. The van der Waals surface area contributed by atoms with Gasteiger partial charge in [0.25, 0.3) is 0 Å². The lowest BCUT2D eigenvalue weighted by atomic mass is 10.1. The molecule has 262 valence electrons. The van der Waals surface area contributed by atoms with Gasteiger partial charge in [-0.3, -0.25) is 4.79 Å². The first-order valence-electron chi connectivity index (χ1n) is 19.2. The lowest BCUT2D eigenvalue weighted by molar-refractivity contribution is -0.154.